The summed E-state index contributed by atoms with van der Waals surface area (Å²) >= 11 is 0. The predicted octanol–water partition coefficient (Wildman–Crippen LogP) is -0.224. The molecule has 7 nitrogen and oxygen atoms in total. The van der Waals surface area contributed by atoms with Gasteiger partial charge < -0.3 is 9.88 Å². The van der Waals surface area contributed by atoms with E-state index in [-0.39, 0.29) is 17.4 Å². The van der Waals surface area contributed by atoms with Crippen molar-refractivity contribution in [2.45, 2.75) is 12.8 Å². The van der Waals surface area contributed by atoms with Crippen LogP contribution in [0, 0.1) is 5.92 Å². The number of H-pyrrole nitrogens is 1. The Morgan fingerprint density at radius 2 is 2.24 bits per heavy atom. The molecule has 116 valence electrons. The third-order valence-electron chi connectivity index (χ3n) is 3.47. The monoisotopic (exact) mass is 313 g/mol. The Kier molecular flexibility index (Phi) is 4.79. The van der Waals surface area contributed by atoms with Crippen molar-refractivity contribution in [3.63, 3.8) is 0 Å². The molecule has 1 saturated heterocycles. The molecule has 1 fully saturated rings. The SMILES string of the molecule is CS(=O)(=O)NCC1CCCN(C(=O)c2ccc(=O)[nH]c2)C1. The van der Waals surface area contributed by atoms with E-state index in [4.69, 9.17) is 0 Å². The number of pyridine rings is 1. The minimum atomic E-state index is -3.21. The molecular weight excluding hydrogens is 294 g/mol. The topological polar surface area (TPSA) is 99.3 Å². The highest BCUT2D eigenvalue weighted by Crippen LogP contribution is 2.17. The first-order valence-electron chi connectivity index (χ1n) is 6.78. The summed E-state index contributed by atoms with van der Waals surface area (Å²) in [4.78, 5) is 27.5. The van der Waals surface area contributed by atoms with Gasteiger partial charge in [-0.1, -0.05) is 0 Å². The van der Waals surface area contributed by atoms with Gasteiger partial charge in [0.05, 0.1) is 11.8 Å². The van der Waals surface area contributed by atoms with Gasteiger partial charge in [0.2, 0.25) is 15.6 Å². The molecule has 2 heterocycles. The van der Waals surface area contributed by atoms with E-state index >= 15 is 0 Å². The largest absolute Gasteiger partial charge is 0.338 e. The van der Waals surface area contributed by atoms with Gasteiger partial charge in [0, 0.05) is 31.9 Å². The van der Waals surface area contributed by atoms with Gasteiger partial charge in [0.1, 0.15) is 0 Å². The number of nitrogens with zero attached hydrogens (tertiary/aromatic N) is 1. The molecule has 1 aliphatic rings. The lowest BCUT2D eigenvalue weighted by Gasteiger charge is -2.32. The van der Waals surface area contributed by atoms with Crippen molar-refractivity contribution in [2.75, 3.05) is 25.9 Å². The fraction of sp³-hybridized carbons (Fsp3) is 0.538. The van der Waals surface area contributed by atoms with Crippen molar-refractivity contribution in [3.8, 4) is 0 Å². The summed E-state index contributed by atoms with van der Waals surface area (Å²) in [5.74, 6) is -0.0320. The average molecular weight is 313 g/mol. The van der Waals surface area contributed by atoms with Gasteiger partial charge >= 0.3 is 0 Å². The Labute approximate surface area is 123 Å². The van der Waals surface area contributed by atoms with Crippen molar-refractivity contribution >= 4 is 15.9 Å². The summed E-state index contributed by atoms with van der Waals surface area (Å²) in [6, 6.07) is 2.82. The van der Waals surface area contributed by atoms with Crippen LogP contribution < -0.4 is 10.3 Å². The molecule has 2 N–H and O–H groups in total. The van der Waals surface area contributed by atoms with E-state index in [0.717, 1.165) is 19.1 Å². The number of amides is 1. The van der Waals surface area contributed by atoms with E-state index in [2.05, 4.69) is 9.71 Å². The van der Waals surface area contributed by atoms with Crippen LogP contribution in [0.25, 0.3) is 0 Å². The number of aromatic amines is 1. The van der Waals surface area contributed by atoms with Crippen molar-refractivity contribution in [1.82, 2.24) is 14.6 Å². The molecule has 1 amide bonds. The number of carbonyl (C=O) groups excluding carboxylic acids is 1. The van der Waals surface area contributed by atoms with Crippen LogP contribution in [-0.2, 0) is 10.0 Å². The number of sulfonamides is 1. The second-order valence-corrected chi connectivity index (χ2v) is 7.15. The Bertz CT molecular complexity index is 648. The molecule has 1 atom stereocenters. The van der Waals surface area contributed by atoms with Crippen LogP contribution in [0.1, 0.15) is 23.2 Å². The van der Waals surface area contributed by atoms with Gasteiger partial charge in [-0.15, -0.1) is 0 Å². The highest BCUT2D eigenvalue weighted by Gasteiger charge is 2.25. The normalized spacial score (nSPS) is 19.5. The molecule has 8 heteroatoms. The molecule has 1 aromatic rings. The van der Waals surface area contributed by atoms with Gasteiger partial charge in [-0.05, 0) is 24.8 Å². The van der Waals surface area contributed by atoms with Crippen LogP contribution >= 0.6 is 0 Å². The van der Waals surface area contributed by atoms with Crippen molar-refractivity contribution in [3.05, 3.63) is 34.2 Å². The lowest BCUT2D eigenvalue weighted by Crippen LogP contribution is -2.43. The van der Waals surface area contributed by atoms with Gasteiger partial charge in [0.25, 0.3) is 5.91 Å². The zero-order valence-electron chi connectivity index (χ0n) is 11.8. The van der Waals surface area contributed by atoms with E-state index in [9.17, 15) is 18.0 Å². The van der Waals surface area contributed by atoms with Gasteiger partial charge in [-0.25, -0.2) is 13.1 Å². The molecule has 0 aliphatic carbocycles. The maximum absolute atomic E-state index is 12.3. The fourth-order valence-corrected chi connectivity index (χ4v) is 2.95. The standard InChI is InChI=1S/C13H19N3O4S/c1-21(19,20)15-7-10-3-2-6-16(9-10)13(18)11-4-5-12(17)14-8-11/h4-5,8,10,15H,2-3,6-7,9H2,1H3,(H,14,17). The molecular formula is C13H19N3O4S. The minimum absolute atomic E-state index is 0.111. The number of rotatable bonds is 4. The Morgan fingerprint density at radius 3 is 2.86 bits per heavy atom. The van der Waals surface area contributed by atoms with Crippen molar-refractivity contribution in [1.29, 1.82) is 0 Å². The highest BCUT2D eigenvalue weighted by molar-refractivity contribution is 7.88. The summed E-state index contributed by atoms with van der Waals surface area (Å²) < 4.78 is 24.7. The van der Waals surface area contributed by atoms with Crippen LogP contribution in [0.3, 0.4) is 0 Å². The second-order valence-electron chi connectivity index (χ2n) is 5.32. The molecule has 2 rings (SSSR count). The van der Waals surface area contributed by atoms with E-state index in [1.54, 1.807) is 4.90 Å². The molecule has 0 bridgehead atoms. The maximum Gasteiger partial charge on any atom is 0.255 e. The zero-order valence-corrected chi connectivity index (χ0v) is 12.6. The number of hydrogen-bond donors (Lipinski definition) is 2. The number of carbonyl (C=O) groups is 1. The van der Waals surface area contributed by atoms with E-state index in [1.807, 2.05) is 0 Å². The maximum atomic E-state index is 12.3. The molecule has 0 spiro atoms. The molecule has 21 heavy (non-hydrogen) atoms. The molecule has 0 aromatic carbocycles. The molecule has 1 aromatic heterocycles. The number of piperidine rings is 1. The van der Waals surface area contributed by atoms with Crippen LogP contribution in [0.4, 0.5) is 0 Å². The van der Waals surface area contributed by atoms with Crippen LogP contribution in [0.2, 0.25) is 0 Å². The summed E-state index contributed by atoms with van der Waals surface area (Å²) in [5, 5.41) is 0. The van der Waals surface area contributed by atoms with Crippen LogP contribution in [0.5, 0.6) is 0 Å². The first-order valence-corrected chi connectivity index (χ1v) is 8.67. The first-order chi connectivity index (χ1) is 9.85. The Balaban J connectivity index is 1.98. The summed E-state index contributed by atoms with van der Waals surface area (Å²) in [5.41, 5.74) is 0.187. The van der Waals surface area contributed by atoms with Crippen molar-refractivity contribution in [2.24, 2.45) is 5.92 Å². The van der Waals surface area contributed by atoms with E-state index < -0.39 is 10.0 Å². The number of hydrogen-bond acceptors (Lipinski definition) is 4. The zero-order chi connectivity index (χ0) is 15.5. The predicted molar refractivity (Wildman–Crippen MR) is 78.5 cm³/mol. The lowest BCUT2D eigenvalue weighted by atomic mass is 9.98. The molecule has 0 saturated carbocycles. The quantitative estimate of drug-likeness (QED) is 0.802. The summed E-state index contributed by atoms with van der Waals surface area (Å²) in [6.07, 6.45) is 4.26. The van der Waals surface area contributed by atoms with E-state index in [1.165, 1.54) is 18.3 Å². The summed E-state index contributed by atoms with van der Waals surface area (Å²) in [7, 11) is -3.21. The smallest absolute Gasteiger partial charge is 0.255 e. The minimum Gasteiger partial charge on any atom is -0.338 e. The van der Waals surface area contributed by atoms with Gasteiger partial charge in [-0.2, -0.15) is 0 Å². The second kappa shape index (κ2) is 6.40. The third-order valence-corrected chi connectivity index (χ3v) is 4.16. The Morgan fingerprint density at radius 1 is 1.48 bits per heavy atom. The van der Waals surface area contributed by atoms with Gasteiger partial charge in [0.15, 0.2) is 0 Å². The van der Waals surface area contributed by atoms with Gasteiger partial charge in [-0.3, -0.25) is 9.59 Å². The number of aromatic nitrogens is 1. The molecule has 1 unspecified atom stereocenters. The van der Waals surface area contributed by atoms with Crippen molar-refractivity contribution < 1.29 is 13.2 Å². The van der Waals surface area contributed by atoms with E-state index in [0.29, 0.717) is 25.2 Å². The molecule has 1 aliphatic heterocycles. The van der Waals surface area contributed by atoms with Crippen LogP contribution in [0.15, 0.2) is 23.1 Å². The third kappa shape index (κ3) is 4.68. The number of likely N-dealkylation sites (tertiary alicyclic amines) is 1. The number of nitrogens with one attached hydrogen (secondary N) is 2. The molecule has 0 radical (unpaired) electrons. The average Bonchev–Trinajstić information content (AvgIpc) is 2.45. The lowest BCUT2D eigenvalue weighted by molar-refractivity contribution is 0.0676. The summed E-state index contributed by atoms with van der Waals surface area (Å²) in [6.45, 7) is 1.50. The fourth-order valence-electron chi connectivity index (χ4n) is 2.41. The first kappa shape index (κ1) is 15.7. The highest BCUT2D eigenvalue weighted by atomic mass is 32.2. The Hall–Kier alpha value is -1.67. The van der Waals surface area contributed by atoms with Crippen LogP contribution in [-0.4, -0.2) is 50.1 Å².